The Kier molecular flexibility index (Phi) is 8.24. The third-order valence-electron chi connectivity index (χ3n) is 4.89. The van der Waals surface area contributed by atoms with Gasteiger partial charge in [-0.3, -0.25) is 0 Å². The van der Waals surface area contributed by atoms with Crippen LogP contribution in [0.25, 0.3) is 0 Å². The second kappa shape index (κ2) is 12.2. The molecule has 168 valence electrons. The smallest absolute Gasteiger partial charge is 0.131 e. The molecule has 0 aliphatic heterocycles. The molecule has 0 aliphatic rings. The normalized spacial score (nSPS) is 10.4. The molecule has 0 aliphatic carbocycles. The minimum absolute atomic E-state index is 0.662. The number of para-hydroxylation sites is 2. The van der Waals surface area contributed by atoms with Crippen molar-refractivity contribution in [2.75, 3.05) is 13.2 Å². The van der Waals surface area contributed by atoms with E-state index in [0.29, 0.717) is 13.2 Å². The monoisotopic (exact) mass is 440 g/mol. The lowest BCUT2D eigenvalue weighted by Crippen LogP contribution is -2.01. The highest BCUT2D eigenvalue weighted by molar-refractivity contribution is 5.37. The van der Waals surface area contributed by atoms with Crippen LogP contribution in [-0.4, -0.2) is 13.2 Å². The lowest BCUT2D eigenvalue weighted by Gasteiger charge is -2.10. The van der Waals surface area contributed by atoms with Crippen LogP contribution in [0.2, 0.25) is 0 Å². The first-order chi connectivity index (χ1) is 16.3. The van der Waals surface area contributed by atoms with Gasteiger partial charge in [0.05, 0.1) is 13.2 Å². The van der Waals surface area contributed by atoms with Crippen molar-refractivity contribution in [2.45, 2.75) is 19.3 Å². The van der Waals surface area contributed by atoms with Crippen molar-refractivity contribution in [3.05, 3.63) is 109 Å². The molecule has 4 rings (SSSR count). The van der Waals surface area contributed by atoms with Crippen molar-refractivity contribution in [1.82, 2.24) is 0 Å². The van der Waals surface area contributed by atoms with E-state index < -0.39 is 0 Å². The number of rotatable bonds is 12. The fraction of sp³-hybridized carbons (Fsp3) is 0.172. The molecule has 4 aromatic rings. The number of hydrogen-bond donors (Lipinski definition) is 0. The third kappa shape index (κ3) is 7.62. The van der Waals surface area contributed by atoms with Crippen molar-refractivity contribution in [2.24, 2.45) is 0 Å². The maximum Gasteiger partial charge on any atom is 0.131 e. The van der Waals surface area contributed by atoms with Crippen LogP contribution in [0.15, 0.2) is 109 Å². The highest BCUT2D eigenvalue weighted by Gasteiger charge is 2.02. The third-order valence-corrected chi connectivity index (χ3v) is 4.89. The largest absolute Gasteiger partial charge is 0.493 e. The van der Waals surface area contributed by atoms with Crippen LogP contribution in [0.3, 0.4) is 0 Å². The summed E-state index contributed by atoms with van der Waals surface area (Å²) in [6.07, 6.45) is 2.95. The molecule has 0 unspecified atom stereocenters. The van der Waals surface area contributed by atoms with E-state index in [2.05, 4.69) is 0 Å². The average molecular weight is 441 g/mol. The van der Waals surface area contributed by atoms with Gasteiger partial charge in [-0.25, -0.2) is 0 Å². The quantitative estimate of drug-likeness (QED) is 0.210. The first kappa shape index (κ1) is 22.3. The Bertz CT molecular complexity index is 1010. The molecule has 4 nitrogen and oxygen atoms in total. The van der Waals surface area contributed by atoms with E-state index in [1.54, 1.807) is 0 Å². The topological polar surface area (TPSA) is 36.9 Å². The summed E-state index contributed by atoms with van der Waals surface area (Å²) in [4.78, 5) is 0. The van der Waals surface area contributed by atoms with Crippen LogP contribution >= 0.6 is 0 Å². The van der Waals surface area contributed by atoms with E-state index in [1.807, 2.05) is 109 Å². The van der Waals surface area contributed by atoms with Crippen molar-refractivity contribution >= 4 is 0 Å². The summed E-state index contributed by atoms with van der Waals surface area (Å²) < 4.78 is 23.5. The summed E-state index contributed by atoms with van der Waals surface area (Å²) in [5.41, 5.74) is 0. The molecule has 0 atom stereocenters. The van der Waals surface area contributed by atoms with E-state index in [1.165, 1.54) is 0 Å². The van der Waals surface area contributed by atoms with Crippen LogP contribution in [0.5, 0.6) is 34.5 Å². The highest BCUT2D eigenvalue weighted by Crippen LogP contribution is 2.26. The number of ether oxygens (including phenoxy) is 4. The summed E-state index contributed by atoms with van der Waals surface area (Å²) >= 11 is 0. The first-order valence-electron chi connectivity index (χ1n) is 11.3. The molecule has 0 N–H and O–H groups in total. The first-order valence-corrected chi connectivity index (χ1v) is 11.3. The minimum atomic E-state index is 0.662. The van der Waals surface area contributed by atoms with Crippen molar-refractivity contribution in [3.63, 3.8) is 0 Å². The van der Waals surface area contributed by atoms with Crippen molar-refractivity contribution in [1.29, 1.82) is 0 Å². The van der Waals surface area contributed by atoms with Crippen molar-refractivity contribution < 1.29 is 18.9 Å². The second-order valence-electron chi connectivity index (χ2n) is 7.54. The van der Waals surface area contributed by atoms with Gasteiger partial charge < -0.3 is 18.9 Å². The Morgan fingerprint density at radius 3 is 1.21 bits per heavy atom. The molecular formula is C29H28O4. The number of unbranched alkanes of at least 4 members (excludes halogenated alkanes) is 2. The van der Waals surface area contributed by atoms with E-state index in [0.717, 1.165) is 53.8 Å². The summed E-state index contributed by atoms with van der Waals surface area (Å²) in [7, 11) is 0. The fourth-order valence-corrected chi connectivity index (χ4v) is 3.27. The van der Waals surface area contributed by atoms with Crippen LogP contribution in [-0.2, 0) is 0 Å². The summed E-state index contributed by atoms with van der Waals surface area (Å²) in [6, 6.07) is 34.9. The zero-order valence-corrected chi connectivity index (χ0v) is 18.6. The molecule has 4 heteroatoms. The molecule has 0 saturated heterocycles. The Hall–Kier alpha value is -3.92. The van der Waals surface area contributed by atoms with Gasteiger partial charge in [0.2, 0.25) is 0 Å². The van der Waals surface area contributed by atoms with E-state index in [4.69, 9.17) is 18.9 Å². The maximum absolute atomic E-state index is 5.88. The van der Waals surface area contributed by atoms with E-state index in [-0.39, 0.29) is 0 Å². The number of hydrogen-bond acceptors (Lipinski definition) is 4. The lowest BCUT2D eigenvalue weighted by molar-refractivity contribution is 0.278. The Balaban J connectivity index is 1.13. The molecule has 0 amide bonds. The molecule has 0 fully saturated rings. The fourth-order valence-electron chi connectivity index (χ4n) is 3.27. The predicted octanol–water partition coefficient (Wildman–Crippen LogP) is 7.90. The van der Waals surface area contributed by atoms with E-state index in [9.17, 15) is 0 Å². The molecule has 0 radical (unpaired) electrons. The maximum atomic E-state index is 5.88. The molecule has 0 heterocycles. The molecule has 4 aromatic carbocycles. The van der Waals surface area contributed by atoms with Gasteiger partial charge in [-0.05, 0) is 67.8 Å². The molecule has 0 aromatic heterocycles. The van der Waals surface area contributed by atoms with Gasteiger partial charge in [0, 0.05) is 12.1 Å². The van der Waals surface area contributed by atoms with E-state index >= 15 is 0 Å². The number of benzene rings is 4. The molecule has 33 heavy (non-hydrogen) atoms. The molecule has 0 spiro atoms. The van der Waals surface area contributed by atoms with Gasteiger partial charge >= 0.3 is 0 Å². The van der Waals surface area contributed by atoms with Gasteiger partial charge in [-0.2, -0.15) is 0 Å². The zero-order chi connectivity index (χ0) is 22.6. The van der Waals surface area contributed by atoms with Crippen LogP contribution in [0.1, 0.15) is 19.3 Å². The van der Waals surface area contributed by atoms with Crippen LogP contribution in [0, 0.1) is 0 Å². The second-order valence-corrected chi connectivity index (χ2v) is 7.54. The van der Waals surface area contributed by atoms with Gasteiger partial charge in [-0.15, -0.1) is 0 Å². The zero-order valence-electron chi connectivity index (χ0n) is 18.6. The molecule has 0 bridgehead atoms. The highest BCUT2D eigenvalue weighted by atomic mass is 16.5. The van der Waals surface area contributed by atoms with Gasteiger partial charge in [-0.1, -0.05) is 48.5 Å². The molecule has 0 saturated carbocycles. The van der Waals surface area contributed by atoms with Gasteiger partial charge in [0.25, 0.3) is 0 Å². The molecular weight excluding hydrogens is 412 g/mol. The van der Waals surface area contributed by atoms with Crippen LogP contribution < -0.4 is 18.9 Å². The summed E-state index contributed by atoms with van der Waals surface area (Å²) in [5, 5.41) is 0. The summed E-state index contributed by atoms with van der Waals surface area (Å²) in [6.45, 7) is 1.32. The standard InChI is InChI=1S/C29H28O4/c1-4-12-24(13-5-1)32-28-18-10-16-26(22-28)30-20-8-3-9-21-31-27-17-11-19-29(23-27)33-25-14-6-2-7-15-25/h1-2,4-7,10-19,22-23H,3,8-9,20-21H2. The SMILES string of the molecule is c1ccc(Oc2cccc(OCCCCCOc3cccc(Oc4ccccc4)c3)c2)cc1. The van der Waals surface area contributed by atoms with Gasteiger partial charge in [0.1, 0.15) is 34.5 Å². The van der Waals surface area contributed by atoms with Crippen LogP contribution in [0.4, 0.5) is 0 Å². The summed E-state index contributed by atoms with van der Waals surface area (Å²) in [5.74, 6) is 4.79. The average Bonchev–Trinajstić information content (AvgIpc) is 2.85. The van der Waals surface area contributed by atoms with Crippen molar-refractivity contribution in [3.8, 4) is 34.5 Å². The Labute approximate surface area is 195 Å². The minimum Gasteiger partial charge on any atom is -0.493 e. The lowest BCUT2D eigenvalue weighted by atomic mass is 10.2. The predicted molar refractivity (Wildman–Crippen MR) is 131 cm³/mol. The van der Waals surface area contributed by atoms with Gasteiger partial charge in [0.15, 0.2) is 0 Å². The Morgan fingerprint density at radius 1 is 0.364 bits per heavy atom. The Morgan fingerprint density at radius 2 is 0.758 bits per heavy atom.